The minimum atomic E-state index is 0.692. The zero-order chi connectivity index (χ0) is 12.6. The number of rotatable bonds is 2. The quantitative estimate of drug-likeness (QED) is 0.498. The van der Waals surface area contributed by atoms with Gasteiger partial charge in [0.15, 0.2) is 5.11 Å². The molecule has 2 rings (SSSR count). The molecule has 0 atom stereocenters. The molecular formula is C12H17N5S. The number of aromatic nitrogens is 2. The topological polar surface area (TPSA) is 53.4 Å². The van der Waals surface area contributed by atoms with E-state index >= 15 is 0 Å². The predicted octanol–water partition coefficient (Wildman–Crippen LogP) is 1.56. The Morgan fingerprint density at radius 2 is 2.06 bits per heavy atom. The third-order valence-electron chi connectivity index (χ3n) is 2.83. The predicted molar refractivity (Wildman–Crippen MR) is 75.4 cm³/mol. The molecule has 5 nitrogen and oxygen atoms in total. The first-order valence-corrected chi connectivity index (χ1v) is 6.61. The van der Waals surface area contributed by atoms with Crippen molar-refractivity contribution in [3.05, 3.63) is 24.3 Å². The average molecular weight is 263 g/mol. The van der Waals surface area contributed by atoms with Gasteiger partial charge in [0.25, 0.3) is 0 Å². The normalized spacial score (nSPS) is 16.6. The first-order valence-electron chi connectivity index (χ1n) is 6.20. The van der Waals surface area contributed by atoms with Crippen molar-refractivity contribution in [1.29, 1.82) is 0 Å². The largest absolute Gasteiger partial charge is 0.348 e. The molecule has 0 radical (unpaired) electrons. The van der Waals surface area contributed by atoms with Gasteiger partial charge in [0.05, 0.1) is 12.4 Å². The summed E-state index contributed by atoms with van der Waals surface area (Å²) in [5.41, 5.74) is 3.60. The van der Waals surface area contributed by atoms with Crippen LogP contribution in [0.5, 0.6) is 0 Å². The highest BCUT2D eigenvalue weighted by molar-refractivity contribution is 7.80. The Morgan fingerprint density at radius 3 is 2.72 bits per heavy atom. The van der Waals surface area contributed by atoms with E-state index in [2.05, 4.69) is 25.4 Å². The van der Waals surface area contributed by atoms with Crippen LogP contribution in [0, 0.1) is 0 Å². The molecular weight excluding hydrogens is 246 g/mol. The fourth-order valence-corrected chi connectivity index (χ4v) is 2.11. The zero-order valence-electron chi connectivity index (χ0n) is 10.2. The molecule has 6 heteroatoms. The van der Waals surface area contributed by atoms with Gasteiger partial charge in [-0.3, -0.25) is 15.4 Å². The second-order valence-corrected chi connectivity index (χ2v) is 4.59. The smallest absolute Gasteiger partial charge is 0.189 e. The van der Waals surface area contributed by atoms with Gasteiger partial charge in [-0.1, -0.05) is 12.8 Å². The second kappa shape index (κ2) is 7.00. The lowest BCUT2D eigenvalue weighted by atomic mass is 10.2. The number of likely N-dealkylation sites (tertiary alicyclic amines) is 1. The SMILES string of the molecule is S=C(N/N=C/c1cnccn1)N1CCCCCC1. The standard InChI is InChI=1S/C12H17N5S/c18-12(17-7-3-1-2-4-8-17)16-15-10-11-9-13-5-6-14-11/h5-6,9-10H,1-4,7-8H2,(H,16,18)/b15-10+. The first-order chi connectivity index (χ1) is 8.86. The van der Waals surface area contributed by atoms with E-state index in [1.807, 2.05) is 0 Å². The number of nitrogens with one attached hydrogen (secondary N) is 1. The lowest BCUT2D eigenvalue weighted by Crippen LogP contribution is -2.38. The van der Waals surface area contributed by atoms with Gasteiger partial charge >= 0.3 is 0 Å². The van der Waals surface area contributed by atoms with E-state index < -0.39 is 0 Å². The van der Waals surface area contributed by atoms with E-state index in [1.165, 1.54) is 25.7 Å². The number of hydrogen-bond donors (Lipinski definition) is 1. The molecule has 1 aliphatic rings. The molecule has 1 fully saturated rings. The molecule has 0 bridgehead atoms. The maximum absolute atomic E-state index is 5.31. The molecule has 96 valence electrons. The van der Waals surface area contributed by atoms with Crippen LogP contribution in [0.15, 0.2) is 23.7 Å². The van der Waals surface area contributed by atoms with E-state index in [9.17, 15) is 0 Å². The molecule has 0 aromatic carbocycles. The fourth-order valence-electron chi connectivity index (χ4n) is 1.88. The number of nitrogens with zero attached hydrogens (tertiary/aromatic N) is 4. The molecule has 1 aromatic rings. The minimum Gasteiger partial charge on any atom is -0.348 e. The van der Waals surface area contributed by atoms with Gasteiger partial charge in [0.1, 0.15) is 5.69 Å². The van der Waals surface area contributed by atoms with E-state index in [0.29, 0.717) is 10.8 Å². The van der Waals surface area contributed by atoms with Crippen LogP contribution in [-0.2, 0) is 0 Å². The van der Waals surface area contributed by atoms with Crippen LogP contribution in [0.4, 0.5) is 0 Å². The molecule has 0 aliphatic carbocycles. The molecule has 0 unspecified atom stereocenters. The molecule has 0 saturated carbocycles. The Morgan fingerprint density at radius 1 is 1.28 bits per heavy atom. The van der Waals surface area contributed by atoms with Crippen LogP contribution in [0.1, 0.15) is 31.4 Å². The Labute approximate surface area is 112 Å². The number of hydrazone groups is 1. The minimum absolute atomic E-state index is 0.692. The molecule has 1 N–H and O–H groups in total. The van der Waals surface area contributed by atoms with Crippen molar-refractivity contribution in [3.8, 4) is 0 Å². The van der Waals surface area contributed by atoms with Gasteiger partial charge in [-0.25, -0.2) is 0 Å². The summed E-state index contributed by atoms with van der Waals surface area (Å²) in [5.74, 6) is 0. The van der Waals surface area contributed by atoms with Crippen LogP contribution in [0.3, 0.4) is 0 Å². The molecule has 0 amide bonds. The van der Waals surface area contributed by atoms with Gasteiger partial charge in [0, 0.05) is 25.5 Å². The summed E-state index contributed by atoms with van der Waals surface area (Å²) in [6.45, 7) is 2.04. The lowest BCUT2D eigenvalue weighted by molar-refractivity contribution is 0.428. The lowest BCUT2D eigenvalue weighted by Gasteiger charge is -2.21. The van der Waals surface area contributed by atoms with Crippen molar-refractivity contribution >= 4 is 23.5 Å². The highest BCUT2D eigenvalue weighted by Crippen LogP contribution is 2.09. The maximum Gasteiger partial charge on any atom is 0.189 e. The van der Waals surface area contributed by atoms with Crippen molar-refractivity contribution in [2.75, 3.05) is 13.1 Å². The summed E-state index contributed by atoms with van der Waals surface area (Å²) >= 11 is 5.31. The molecule has 1 aromatic heterocycles. The summed E-state index contributed by atoms with van der Waals surface area (Å²) < 4.78 is 0. The van der Waals surface area contributed by atoms with Crippen LogP contribution in [0.25, 0.3) is 0 Å². The van der Waals surface area contributed by atoms with Gasteiger partial charge in [0.2, 0.25) is 0 Å². The highest BCUT2D eigenvalue weighted by Gasteiger charge is 2.11. The van der Waals surface area contributed by atoms with E-state index in [-0.39, 0.29) is 0 Å². The zero-order valence-corrected chi connectivity index (χ0v) is 11.1. The molecule has 1 aliphatic heterocycles. The van der Waals surface area contributed by atoms with E-state index in [0.717, 1.165) is 13.1 Å². The van der Waals surface area contributed by atoms with Crippen LogP contribution in [0.2, 0.25) is 0 Å². The Hall–Kier alpha value is -1.56. The van der Waals surface area contributed by atoms with Crippen molar-refractivity contribution in [1.82, 2.24) is 20.3 Å². The second-order valence-electron chi connectivity index (χ2n) is 4.21. The molecule has 2 heterocycles. The molecule has 1 saturated heterocycles. The molecule has 18 heavy (non-hydrogen) atoms. The summed E-state index contributed by atoms with van der Waals surface area (Å²) in [5, 5.41) is 4.78. The Kier molecular flexibility index (Phi) is 5.01. The van der Waals surface area contributed by atoms with Crippen LogP contribution >= 0.6 is 12.2 Å². The van der Waals surface area contributed by atoms with Gasteiger partial charge in [-0.15, -0.1) is 0 Å². The molecule has 0 spiro atoms. The fraction of sp³-hybridized carbons (Fsp3) is 0.500. The first kappa shape index (κ1) is 12.9. The van der Waals surface area contributed by atoms with Crippen LogP contribution < -0.4 is 5.43 Å². The third kappa shape index (κ3) is 4.03. The average Bonchev–Trinajstić information content (AvgIpc) is 2.69. The summed E-state index contributed by atoms with van der Waals surface area (Å²) in [6.07, 6.45) is 11.5. The highest BCUT2D eigenvalue weighted by atomic mass is 32.1. The van der Waals surface area contributed by atoms with Crippen molar-refractivity contribution < 1.29 is 0 Å². The van der Waals surface area contributed by atoms with Gasteiger partial charge in [-0.05, 0) is 25.1 Å². The Balaban J connectivity index is 1.82. The van der Waals surface area contributed by atoms with Crippen molar-refractivity contribution in [3.63, 3.8) is 0 Å². The van der Waals surface area contributed by atoms with Crippen LogP contribution in [-0.4, -0.2) is 39.3 Å². The van der Waals surface area contributed by atoms with Crippen molar-refractivity contribution in [2.45, 2.75) is 25.7 Å². The summed E-state index contributed by atoms with van der Waals surface area (Å²) in [7, 11) is 0. The summed E-state index contributed by atoms with van der Waals surface area (Å²) in [6, 6.07) is 0. The summed E-state index contributed by atoms with van der Waals surface area (Å²) in [4.78, 5) is 10.2. The number of hydrogen-bond acceptors (Lipinski definition) is 4. The van der Waals surface area contributed by atoms with Crippen molar-refractivity contribution in [2.24, 2.45) is 5.10 Å². The van der Waals surface area contributed by atoms with E-state index in [4.69, 9.17) is 12.2 Å². The van der Waals surface area contributed by atoms with Gasteiger partial charge < -0.3 is 4.90 Å². The van der Waals surface area contributed by atoms with E-state index in [1.54, 1.807) is 24.8 Å². The maximum atomic E-state index is 5.31. The Bertz CT molecular complexity index is 398. The monoisotopic (exact) mass is 263 g/mol. The number of thiocarbonyl (C=S) groups is 1. The third-order valence-corrected chi connectivity index (χ3v) is 3.18. The van der Waals surface area contributed by atoms with Gasteiger partial charge in [-0.2, -0.15) is 5.10 Å².